The highest BCUT2D eigenvalue weighted by Crippen LogP contribution is 2.47. The monoisotopic (exact) mass is 583 g/mol. The lowest BCUT2D eigenvalue weighted by atomic mass is 9.68. The SMILES string of the molecule is CNC(=O)c1ccc2c(c1)CCc1cc(C(=O)NC)ccc1C2(C[C@H](C)NCC(=O)N1CCC[C@H]1C#N)c1nnc(C)o1. The number of carbonyl (C=O) groups excluding carboxylic acids is 3. The minimum Gasteiger partial charge on any atom is -0.424 e. The van der Waals surface area contributed by atoms with E-state index in [-0.39, 0.29) is 36.3 Å². The smallest absolute Gasteiger partial charge is 0.251 e. The van der Waals surface area contributed by atoms with Crippen molar-refractivity contribution in [1.82, 2.24) is 31.0 Å². The molecule has 3 amide bonds. The van der Waals surface area contributed by atoms with Gasteiger partial charge in [0.25, 0.3) is 11.8 Å². The number of aryl methyl sites for hydroxylation is 3. The molecule has 1 saturated heterocycles. The van der Waals surface area contributed by atoms with Gasteiger partial charge in [0.15, 0.2) is 0 Å². The second-order valence-corrected chi connectivity index (χ2v) is 11.3. The summed E-state index contributed by atoms with van der Waals surface area (Å²) in [6.07, 6.45) is 3.22. The third kappa shape index (κ3) is 5.62. The number of hydrogen-bond acceptors (Lipinski definition) is 8. The molecule has 2 aliphatic rings. The van der Waals surface area contributed by atoms with Gasteiger partial charge in [0.2, 0.25) is 17.7 Å². The van der Waals surface area contributed by atoms with Crippen LogP contribution < -0.4 is 16.0 Å². The summed E-state index contributed by atoms with van der Waals surface area (Å²) in [4.78, 5) is 39.9. The van der Waals surface area contributed by atoms with Gasteiger partial charge in [0.1, 0.15) is 11.5 Å². The van der Waals surface area contributed by atoms with Gasteiger partial charge in [-0.15, -0.1) is 10.2 Å². The lowest BCUT2D eigenvalue weighted by Crippen LogP contribution is -2.45. The highest BCUT2D eigenvalue weighted by Gasteiger charge is 2.46. The number of rotatable bonds is 8. The molecular formula is C32H37N7O4. The van der Waals surface area contributed by atoms with E-state index in [0.717, 1.165) is 28.7 Å². The van der Waals surface area contributed by atoms with Gasteiger partial charge >= 0.3 is 0 Å². The summed E-state index contributed by atoms with van der Waals surface area (Å²) in [5.41, 5.74) is 3.94. The summed E-state index contributed by atoms with van der Waals surface area (Å²) in [5.74, 6) is 0.344. The first-order valence-electron chi connectivity index (χ1n) is 14.7. The van der Waals surface area contributed by atoms with E-state index < -0.39 is 5.41 Å². The van der Waals surface area contributed by atoms with Gasteiger partial charge in [-0.1, -0.05) is 12.1 Å². The van der Waals surface area contributed by atoms with Gasteiger partial charge in [0, 0.05) is 44.7 Å². The van der Waals surface area contributed by atoms with E-state index >= 15 is 0 Å². The Morgan fingerprint density at radius 1 is 1.05 bits per heavy atom. The first-order chi connectivity index (χ1) is 20.7. The zero-order valence-corrected chi connectivity index (χ0v) is 25.0. The number of fused-ring (bicyclic) bond motifs is 2. The van der Waals surface area contributed by atoms with Crippen molar-refractivity contribution in [2.45, 2.75) is 63.5 Å². The predicted octanol–water partition coefficient (Wildman–Crippen LogP) is 2.41. The van der Waals surface area contributed by atoms with Crippen molar-refractivity contribution in [2.24, 2.45) is 0 Å². The molecular weight excluding hydrogens is 546 g/mol. The van der Waals surface area contributed by atoms with Crippen LogP contribution in [-0.4, -0.2) is 72.1 Å². The second kappa shape index (κ2) is 12.4. The predicted molar refractivity (Wildman–Crippen MR) is 158 cm³/mol. The Balaban J connectivity index is 1.62. The van der Waals surface area contributed by atoms with E-state index in [4.69, 9.17) is 4.42 Å². The van der Waals surface area contributed by atoms with Crippen LogP contribution >= 0.6 is 0 Å². The largest absolute Gasteiger partial charge is 0.424 e. The molecule has 0 bridgehead atoms. The molecule has 11 nitrogen and oxygen atoms in total. The van der Waals surface area contributed by atoms with Gasteiger partial charge in [-0.05, 0) is 85.5 Å². The molecule has 2 aromatic carbocycles. The molecule has 0 spiro atoms. The lowest BCUT2D eigenvalue weighted by Gasteiger charge is -2.36. The minimum absolute atomic E-state index is 0.0865. The maximum absolute atomic E-state index is 13.1. The Morgan fingerprint density at radius 2 is 1.65 bits per heavy atom. The molecule has 5 rings (SSSR count). The highest BCUT2D eigenvalue weighted by atomic mass is 16.4. The Kier molecular flexibility index (Phi) is 8.59. The molecule has 3 N–H and O–H groups in total. The third-order valence-electron chi connectivity index (χ3n) is 8.60. The fourth-order valence-corrected chi connectivity index (χ4v) is 6.52. The number of nitrogens with zero attached hydrogens (tertiary/aromatic N) is 4. The van der Waals surface area contributed by atoms with Crippen molar-refractivity contribution in [3.63, 3.8) is 0 Å². The van der Waals surface area contributed by atoms with Crippen molar-refractivity contribution in [3.8, 4) is 6.07 Å². The number of nitriles is 1. The van der Waals surface area contributed by atoms with Crippen molar-refractivity contribution in [3.05, 3.63) is 81.6 Å². The molecule has 43 heavy (non-hydrogen) atoms. The molecule has 0 saturated carbocycles. The van der Waals surface area contributed by atoms with Gasteiger partial charge in [-0.25, -0.2) is 0 Å². The maximum Gasteiger partial charge on any atom is 0.251 e. The Morgan fingerprint density at radius 3 is 2.16 bits per heavy atom. The third-order valence-corrected chi connectivity index (χ3v) is 8.60. The van der Waals surface area contributed by atoms with E-state index in [2.05, 4.69) is 32.2 Å². The van der Waals surface area contributed by atoms with Gasteiger partial charge in [-0.3, -0.25) is 14.4 Å². The Labute approximate surface area is 251 Å². The van der Waals surface area contributed by atoms with Crippen LogP contribution in [0.15, 0.2) is 40.8 Å². The Bertz CT molecular complexity index is 1520. The van der Waals surface area contributed by atoms with Gasteiger partial charge in [-0.2, -0.15) is 5.26 Å². The van der Waals surface area contributed by atoms with E-state index in [0.29, 0.717) is 55.1 Å². The summed E-state index contributed by atoms with van der Waals surface area (Å²) in [5, 5.41) is 27.0. The van der Waals surface area contributed by atoms with Crippen LogP contribution in [0.25, 0.3) is 0 Å². The van der Waals surface area contributed by atoms with Crippen molar-refractivity contribution in [1.29, 1.82) is 5.26 Å². The van der Waals surface area contributed by atoms with Crippen LogP contribution in [0.4, 0.5) is 0 Å². The summed E-state index contributed by atoms with van der Waals surface area (Å²) in [7, 11) is 3.20. The number of nitrogens with one attached hydrogen (secondary N) is 3. The van der Waals surface area contributed by atoms with E-state index in [1.54, 1.807) is 38.1 Å². The van der Waals surface area contributed by atoms with Gasteiger partial charge < -0.3 is 25.3 Å². The molecule has 0 radical (unpaired) electrons. The maximum atomic E-state index is 13.1. The van der Waals surface area contributed by atoms with Crippen LogP contribution in [0.2, 0.25) is 0 Å². The molecule has 0 unspecified atom stereocenters. The van der Waals surface area contributed by atoms with Crippen molar-refractivity contribution < 1.29 is 18.8 Å². The molecule has 1 aliphatic carbocycles. The number of amides is 3. The van der Waals surface area contributed by atoms with Crippen molar-refractivity contribution >= 4 is 17.7 Å². The normalized spacial score (nSPS) is 17.7. The highest BCUT2D eigenvalue weighted by molar-refractivity contribution is 5.95. The van der Waals surface area contributed by atoms with Crippen LogP contribution in [0.3, 0.4) is 0 Å². The number of benzene rings is 2. The van der Waals surface area contributed by atoms with Crippen LogP contribution in [0, 0.1) is 18.3 Å². The van der Waals surface area contributed by atoms with Crippen LogP contribution in [0.5, 0.6) is 0 Å². The lowest BCUT2D eigenvalue weighted by molar-refractivity contribution is -0.130. The summed E-state index contributed by atoms with van der Waals surface area (Å²) in [6, 6.07) is 13.0. The molecule has 1 aliphatic heterocycles. The standard InChI is InChI=1S/C32H37N7O4/c1-19(36-18-28(40)39-13-5-6-25(39)17-33)16-32(31-38-37-20(2)43-31)26-11-9-23(29(41)34-3)14-21(26)7-8-22-15-24(30(42)35-4)10-12-27(22)32/h9-12,14-15,19,25,36H,5-8,13,16,18H2,1-4H3,(H,34,41)(H,35,42)/t19-,25-/m0/s1. The van der Waals surface area contributed by atoms with Crippen molar-refractivity contribution in [2.75, 3.05) is 27.2 Å². The van der Waals surface area contributed by atoms with Gasteiger partial charge in [0.05, 0.1) is 12.6 Å². The fourth-order valence-electron chi connectivity index (χ4n) is 6.52. The molecule has 2 atom stereocenters. The van der Waals surface area contributed by atoms with E-state index in [9.17, 15) is 19.6 Å². The van der Waals surface area contributed by atoms with E-state index in [1.807, 2.05) is 31.2 Å². The van der Waals surface area contributed by atoms with E-state index in [1.165, 1.54) is 0 Å². The first kappa shape index (κ1) is 29.9. The molecule has 2 heterocycles. The quantitative estimate of drug-likeness (QED) is 0.366. The summed E-state index contributed by atoms with van der Waals surface area (Å²) in [6.45, 7) is 4.42. The van der Waals surface area contributed by atoms with Crippen LogP contribution in [-0.2, 0) is 23.1 Å². The first-order valence-corrected chi connectivity index (χ1v) is 14.7. The topological polar surface area (TPSA) is 153 Å². The average molecular weight is 584 g/mol. The van der Waals surface area contributed by atoms with Crippen LogP contribution in [0.1, 0.15) is 80.9 Å². The Hall–Kier alpha value is -4.56. The average Bonchev–Trinajstić information content (AvgIpc) is 3.67. The summed E-state index contributed by atoms with van der Waals surface area (Å²) >= 11 is 0. The second-order valence-electron chi connectivity index (χ2n) is 11.3. The fraction of sp³-hybridized carbons (Fsp3) is 0.438. The number of aromatic nitrogens is 2. The molecule has 3 aromatic rings. The number of hydrogen-bond donors (Lipinski definition) is 3. The molecule has 1 aromatic heterocycles. The minimum atomic E-state index is -0.941. The number of carbonyl (C=O) groups is 3. The zero-order valence-electron chi connectivity index (χ0n) is 25.0. The molecule has 11 heteroatoms. The molecule has 224 valence electrons. The molecule has 1 fully saturated rings. The summed E-state index contributed by atoms with van der Waals surface area (Å²) < 4.78 is 6.21. The zero-order chi connectivity index (χ0) is 30.7. The number of likely N-dealkylation sites (tertiary alicyclic amines) is 1.